The Hall–Kier alpha value is -2.80. The zero-order chi connectivity index (χ0) is 30.2. The van der Waals surface area contributed by atoms with Gasteiger partial charge in [0.05, 0.1) is 18.0 Å². The Balaban J connectivity index is 0.00000264. The van der Waals surface area contributed by atoms with E-state index in [2.05, 4.69) is 21.1 Å². The molecule has 0 unspecified atom stereocenters. The number of anilines is 2. The molecular weight excluding hydrogens is 634 g/mol. The van der Waals surface area contributed by atoms with Crippen molar-refractivity contribution in [1.82, 2.24) is 0 Å². The molecule has 0 atom stereocenters. The Morgan fingerprint density at radius 1 is 0.614 bits per heavy atom. The zero-order valence-electron chi connectivity index (χ0n) is 23.2. The first-order chi connectivity index (χ1) is 19.9. The van der Waals surface area contributed by atoms with E-state index in [-0.39, 0.29) is 102 Å². The van der Waals surface area contributed by atoms with Crippen LogP contribution in [0.25, 0.3) is 21.5 Å². The zero-order valence-corrected chi connectivity index (χ0v) is 28.8. The van der Waals surface area contributed by atoms with Gasteiger partial charge in [0.25, 0.3) is 20.2 Å². The monoisotopic (exact) mass is 654 g/mol. The van der Waals surface area contributed by atoms with Crippen LogP contribution in [0.4, 0.5) is 11.4 Å². The molecule has 0 amide bonds. The van der Waals surface area contributed by atoms with Crippen molar-refractivity contribution in [2.45, 2.75) is 16.4 Å². The summed E-state index contributed by atoms with van der Waals surface area (Å²) in [6, 6.07) is 18.5. The quantitative estimate of drug-likeness (QED) is 0.0935. The number of fused-ring (bicyclic) bond motifs is 2. The molecular formula is C27H20N4Na2O9S2. The molecule has 17 heteroatoms. The maximum absolute atomic E-state index is 13.2. The third kappa shape index (κ3) is 7.19. The summed E-state index contributed by atoms with van der Waals surface area (Å²) in [5.41, 5.74) is 3.78. The Labute approximate surface area is 293 Å². The van der Waals surface area contributed by atoms with E-state index < -0.39 is 43.1 Å². The Bertz CT molecular complexity index is 2360. The van der Waals surface area contributed by atoms with Crippen molar-refractivity contribution < 1.29 is 31.0 Å². The normalized spacial score (nSPS) is 12.5. The molecule has 0 fully saturated rings. The van der Waals surface area contributed by atoms with Gasteiger partial charge < -0.3 is 5.11 Å². The van der Waals surface area contributed by atoms with Crippen LogP contribution in [0.15, 0.2) is 108 Å². The Kier molecular flexibility index (Phi) is 11.4. The molecule has 0 aliphatic carbocycles. The fourth-order valence-corrected chi connectivity index (χ4v) is 5.79. The number of hydrogen-bond acceptors (Lipinski definition) is 11. The van der Waals surface area contributed by atoms with E-state index in [1.807, 2.05) is 0 Å². The second kappa shape index (κ2) is 14.1. The molecule has 5 rings (SSSR count). The first-order valence-electron chi connectivity index (χ1n) is 12.0. The van der Waals surface area contributed by atoms with Gasteiger partial charge in [0.2, 0.25) is 10.9 Å². The second-order valence-electron chi connectivity index (χ2n) is 8.93. The third-order valence-corrected chi connectivity index (χ3v) is 8.17. The van der Waals surface area contributed by atoms with Gasteiger partial charge in [0.1, 0.15) is 15.1 Å². The van der Waals surface area contributed by atoms with Crippen LogP contribution in [0.1, 0.15) is 5.56 Å². The van der Waals surface area contributed by atoms with Crippen LogP contribution in [0, 0.1) is 0 Å². The molecule has 0 aliphatic rings. The van der Waals surface area contributed by atoms with Crippen LogP contribution in [0.3, 0.4) is 0 Å². The van der Waals surface area contributed by atoms with Crippen molar-refractivity contribution in [3.8, 4) is 0 Å². The molecule has 0 aliphatic heterocycles. The van der Waals surface area contributed by atoms with E-state index in [1.54, 1.807) is 36.4 Å². The number of aliphatic hydroxyl groups excluding tert-OH is 1. The van der Waals surface area contributed by atoms with Gasteiger partial charge in [0, 0.05) is 86.2 Å². The molecule has 0 saturated carbocycles. The van der Waals surface area contributed by atoms with Crippen LogP contribution in [-0.2, 0) is 26.8 Å². The minimum Gasteiger partial charge on any atom is -0.392 e. The van der Waals surface area contributed by atoms with Crippen molar-refractivity contribution in [1.29, 1.82) is 0 Å². The molecule has 0 bridgehead atoms. The number of nitrogens with zero attached hydrogens (tertiary/aromatic N) is 2. The summed E-state index contributed by atoms with van der Waals surface area (Å²) in [5.74, 6) is 0. The average Bonchev–Trinajstić information content (AvgIpc) is 2.95. The SMILES string of the molecule is O=c1c(CO)c/c(=N\Nc2ccc(S(=O)(=O)O)c3ccccc23)c(=O)/c1=N\Nc1ccc(S(=O)(=O)O)c2ccccc12.[Na].[Na]. The van der Waals surface area contributed by atoms with Gasteiger partial charge in [-0.1, -0.05) is 48.5 Å². The summed E-state index contributed by atoms with van der Waals surface area (Å²) in [4.78, 5) is 25.4. The predicted octanol–water partition coefficient (Wildman–Crippen LogP) is 0.669. The van der Waals surface area contributed by atoms with E-state index in [4.69, 9.17) is 0 Å². The van der Waals surface area contributed by atoms with E-state index in [1.165, 1.54) is 24.3 Å². The van der Waals surface area contributed by atoms with E-state index in [0.717, 1.165) is 18.2 Å². The van der Waals surface area contributed by atoms with Gasteiger partial charge in [-0.3, -0.25) is 29.5 Å². The van der Waals surface area contributed by atoms with Gasteiger partial charge in [0.15, 0.2) is 5.36 Å². The molecule has 5 aromatic carbocycles. The molecule has 0 aromatic heterocycles. The molecule has 2 radical (unpaired) electrons. The molecule has 44 heavy (non-hydrogen) atoms. The van der Waals surface area contributed by atoms with Crippen LogP contribution in [0.5, 0.6) is 0 Å². The van der Waals surface area contributed by atoms with Gasteiger partial charge in [-0.2, -0.15) is 27.0 Å². The molecule has 0 heterocycles. The van der Waals surface area contributed by atoms with Crippen LogP contribution >= 0.6 is 0 Å². The van der Waals surface area contributed by atoms with Crippen molar-refractivity contribution in [3.05, 3.63) is 116 Å². The van der Waals surface area contributed by atoms with Crippen molar-refractivity contribution in [3.63, 3.8) is 0 Å². The van der Waals surface area contributed by atoms with Crippen LogP contribution in [-0.4, -0.2) is 90.2 Å². The first-order valence-corrected chi connectivity index (χ1v) is 14.8. The fourth-order valence-electron chi connectivity index (χ4n) is 4.40. The maximum Gasteiger partial charge on any atom is 0.295 e. The van der Waals surface area contributed by atoms with Crippen molar-refractivity contribution in [2.24, 2.45) is 10.2 Å². The average molecular weight is 655 g/mol. The van der Waals surface area contributed by atoms with E-state index in [0.29, 0.717) is 10.8 Å². The third-order valence-electron chi connectivity index (χ3n) is 6.34. The number of benzene rings is 5. The molecule has 0 saturated heterocycles. The molecule has 5 N–H and O–H groups in total. The van der Waals surface area contributed by atoms with Crippen LogP contribution < -0.4 is 32.4 Å². The maximum atomic E-state index is 13.2. The Morgan fingerprint density at radius 3 is 1.48 bits per heavy atom. The smallest absolute Gasteiger partial charge is 0.295 e. The molecule has 0 spiro atoms. The number of hydrogen-bond donors (Lipinski definition) is 5. The fraction of sp³-hybridized carbons (Fsp3) is 0.0370. The topological polar surface area (TPSA) is 212 Å². The summed E-state index contributed by atoms with van der Waals surface area (Å²) in [6.45, 7) is -0.734. The molecule has 5 aromatic rings. The predicted molar refractivity (Wildman–Crippen MR) is 165 cm³/mol. The summed E-state index contributed by atoms with van der Waals surface area (Å²) in [7, 11) is -9.07. The molecule has 216 valence electrons. The number of rotatable bonds is 7. The first kappa shape index (κ1) is 35.7. The van der Waals surface area contributed by atoms with E-state index in [9.17, 15) is 40.6 Å². The summed E-state index contributed by atoms with van der Waals surface area (Å²) in [6.07, 6.45) is 0. The summed E-state index contributed by atoms with van der Waals surface area (Å²) in [5, 5.41) is 17.9. The van der Waals surface area contributed by atoms with Crippen molar-refractivity contribution >= 4 is 112 Å². The van der Waals surface area contributed by atoms with E-state index >= 15 is 0 Å². The van der Waals surface area contributed by atoms with Crippen LogP contribution in [0.2, 0.25) is 0 Å². The standard InChI is InChI=1S/C27H20N4O9S2.2Na/c32-14-15-13-22(30-28-20-9-11-23(41(35,36)37)18-7-3-1-5-16(18)20)27(34)25(26(15)33)31-29-21-10-12-24(42(38,39)40)19-8-4-2-6-17(19)21;;/h1-13,28-29,32H,14H2,(H,35,36,37)(H,38,39,40);;/b30-22+,31-25-;;. The second-order valence-corrected chi connectivity index (χ2v) is 11.7. The van der Waals surface area contributed by atoms with Gasteiger partial charge in [-0.05, 0) is 30.3 Å². The minimum absolute atomic E-state index is 0. The van der Waals surface area contributed by atoms with Gasteiger partial charge >= 0.3 is 0 Å². The largest absolute Gasteiger partial charge is 0.392 e. The molecule has 13 nitrogen and oxygen atoms in total. The number of aliphatic hydroxyl groups is 1. The van der Waals surface area contributed by atoms with Gasteiger partial charge in [-0.25, -0.2) is 0 Å². The summed E-state index contributed by atoms with van der Waals surface area (Å²) >= 11 is 0. The van der Waals surface area contributed by atoms with Crippen molar-refractivity contribution in [2.75, 3.05) is 10.9 Å². The summed E-state index contributed by atoms with van der Waals surface area (Å²) < 4.78 is 66.2. The number of nitrogens with one attached hydrogen (secondary N) is 2. The Morgan fingerprint density at radius 2 is 1.05 bits per heavy atom. The minimum atomic E-state index is -4.54. The van der Waals surface area contributed by atoms with Gasteiger partial charge in [-0.15, -0.1) is 0 Å².